The Morgan fingerprint density at radius 1 is 1.43 bits per heavy atom. The maximum absolute atomic E-state index is 9.72. The van der Waals surface area contributed by atoms with Crippen LogP contribution in [0.15, 0.2) is 18.2 Å². The van der Waals surface area contributed by atoms with Crippen LogP contribution in [0.3, 0.4) is 0 Å². The van der Waals surface area contributed by atoms with Crippen LogP contribution in [0.1, 0.15) is 25.3 Å². The number of benzene rings is 1. The molecule has 14 heavy (non-hydrogen) atoms. The van der Waals surface area contributed by atoms with Crippen molar-refractivity contribution >= 4 is 11.6 Å². The van der Waals surface area contributed by atoms with Crippen molar-refractivity contribution in [3.05, 3.63) is 28.8 Å². The molecule has 1 aromatic carbocycles. The molecule has 0 spiro atoms. The number of halogens is 1. The van der Waals surface area contributed by atoms with Crippen molar-refractivity contribution in [1.29, 1.82) is 0 Å². The highest BCUT2D eigenvalue weighted by molar-refractivity contribution is 6.31. The van der Waals surface area contributed by atoms with E-state index < -0.39 is 6.10 Å². The average molecular weight is 213 g/mol. The summed E-state index contributed by atoms with van der Waals surface area (Å²) >= 11 is 6.03. The molecule has 1 fully saturated rings. The molecule has 1 aliphatic carbocycles. The lowest BCUT2D eigenvalue weighted by molar-refractivity contribution is 0.149. The van der Waals surface area contributed by atoms with Gasteiger partial charge in [0.25, 0.3) is 0 Å². The molecule has 2 N–H and O–H groups in total. The normalized spacial score (nSPS) is 20.5. The van der Waals surface area contributed by atoms with E-state index in [4.69, 9.17) is 11.6 Å². The Bertz CT molecular complexity index is 336. The topological polar surface area (TPSA) is 40.5 Å². The second kappa shape index (κ2) is 3.14. The lowest BCUT2D eigenvalue weighted by Gasteiger charge is -2.21. The van der Waals surface area contributed by atoms with Gasteiger partial charge in [0.2, 0.25) is 0 Å². The van der Waals surface area contributed by atoms with Crippen LogP contribution in [0.2, 0.25) is 5.02 Å². The monoisotopic (exact) mass is 212 g/mol. The first-order valence-corrected chi connectivity index (χ1v) is 5.12. The maximum Gasteiger partial charge on any atom is 0.120 e. The van der Waals surface area contributed by atoms with Crippen molar-refractivity contribution in [2.45, 2.75) is 31.3 Å². The highest BCUT2D eigenvalue weighted by Crippen LogP contribution is 2.55. The SMILES string of the molecule is CC(O)C1(c2c(O)cccc2Cl)CC1. The van der Waals surface area contributed by atoms with E-state index in [1.165, 1.54) is 0 Å². The van der Waals surface area contributed by atoms with Crippen LogP contribution >= 0.6 is 11.6 Å². The number of aliphatic hydroxyl groups excluding tert-OH is 1. The molecule has 3 heteroatoms. The van der Waals surface area contributed by atoms with E-state index in [1.54, 1.807) is 25.1 Å². The fraction of sp³-hybridized carbons (Fsp3) is 0.455. The summed E-state index contributed by atoms with van der Waals surface area (Å²) in [5.74, 6) is 0.191. The molecule has 2 nitrogen and oxygen atoms in total. The van der Waals surface area contributed by atoms with Gasteiger partial charge in [0.15, 0.2) is 0 Å². The van der Waals surface area contributed by atoms with Crippen LogP contribution in [0.25, 0.3) is 0 Å². The zero-order chi connectivity index (χ0) is 10.3. The summed E-state index contributed by atoms with van der Waals surface area (Å²) < 4.78 is 0. The van der Waals surface area contributed by atoms with E-state index in [2.05, 4.69) is 0 Å². The Labute approximate surface area is 88.1 Å². The van der Waals surface area contributed by atoms with Gasteiger partial charge in [0.1, 0.15) is 5.75 Å². The van der Waals surface area contributed by atoms with Gasteiger partial charge in [-0.05, 0) is 31.9 Å². The van der Waals surface area contributed by atoms with Crippen LogP contribution in [0.5, 0.6) is 5.75 Å². The molecule has 1 unspecified atom stereocenters. The van der Waals surface area contributed by atoms with Crippen molar-refractivity contribution in [2.24, 2.45) is 0 Å². The largest absolute Gasteiger partial charge is 0.508 e. The van der Waals surface area contributed by atoms with Crippen molar-refractivity contribution in [3.8, 4) is 5.75 Å². The minimum Gasteiger partial charge on any atom is -0.508 e. The zero-order valence-electron chi connectivity index (χ0n) is 8.00. The molecule has 0 radical (unpaired) electrons. The van der Waals surface area contributed by atoms with E-state index in [-0.39, 0.29) is 11.2 Å². The lowest BCUT2D eigenvalue weighted by Crippen LogP contribution is -2.23. The van der Waals surface area contributed by atoms with Gasteiger partial charge >= 0.3 is 0 Å². The molecular weight excluding hydrogens is 200 g/mol. The van der Waals surface area contributed by atoms with Crippen molar-refractivity contribution < 1.29 is 10.2 Å². The van der Waals surface area contributed by atoms with Gasteiger partial charge in [0, 0.05) is 16.0 Å². The molecule has 0 amide bonds. The molecule has 76 valence electrons. The number of aromatic hydroxyl groups is 1. The summed E-state index contributed by atoms with van der Waals surface area (Å²) in [5, 5.41) is 19.9. The van der Waals surface area contributed by atoms with Crippen molar-refractivity contribution in [1.82, 2.24) is 0 Å². The Hall–Kier alpha value is -0.730. The van der Waals surface area contributed by atoms with Crippen LogP contribution in [0, 0.1) is 0 Å². The zero-order valence-corrected chi connectivity index (χ0v) is 8.75. The van der Waals surface area contributed by atoms with E-state index in [1.807, 2.05) is 0 Å². The van der Waals surface area contributed by atoms with E-state index in [9.17, 15) is 10.2 Å². The third-order valence-electron chi connectivity index (χ3n) is 3.08. The van der Waals surface area contributed by atoms with Crippen LogP contribution < -0.4 is 0 Å². The van der Waals surface area contributed by atoms with E-state index >= 15 is 0 Å². The number of phenols is 1. The first kappa shape index (κ1) is 9.81. The lowest BCUT2D eigenvalue weighted by atomic mass is 9.90. The average Bonchev–Trinajstić information content (AvgIpc) is 2.85. The fourth-order valence-electron chi connectivity index (χ4n) is 2.02. The minimum absolute atomic E-state index is 0.191. The molecule has 1 aliphatic rings. The van der Waals surface area contributed by atoms with Gasteiger partial charge in [-0.25, -0.2) is 0 Å². The summed E-state index contributed by atoms with van der Waals surface area (Å²) in [6.45, 7) is 1.75. The fourth-order valence-corrected chi connectivity index (χ4v) is 2.37. The van der Waals surface area contributed by atoms with Crippen LogP contribution in [-0.2, 0) is 5.41 Å². The highest BCUT2D eigenvalue weighted by Gasteiger charge is 2.51. The summed E-state index contributed by atoms with van der Waals surface area (Å²) in [4.78, 5) is 0. The summed E-state index contributed by atoms with van der Waals surface area (Å²) in [6.07, 6.45) is 1.32. The van der Waals surface area contributed by atoms with Gasteiger partial charge in [-0.3, -0.25) is 0 Å². The third kappa shape index (κ3) is 1.30. The summed E-state index contributed by atoms with van der Waals surface area (Å²) in [7, 11) is 0. The third-order valence-corrected chi connectivity index (χ3v) is 3.39. The minimum atomic E-state index is -0.465. The predicted octanol–water partition coefficient (Wildman–Crippen LogP) is 2.46. The van der Waals surface area contributed by atoms with Gasteiger partial charge in [0.05, 0.1) is 6.10 Å². The molecule has 1 saturated carbocycles. The molecular formula is C11H13ClO2. The Morgan fingerprint density at radius 3 is 2.50 bits per heavy atom. The van der Waals surface area contributed by atoms with Gasteiger partial charge in [-0.2, -0.15) is 0 Å². The second-order valence-corrected chi connectivity index (χ2v) is 4.37. The number of aliphatic hydroxyl groups is 1. The number of rotatable bonds is 2. The Kier molecular flexibility index (Phi) is 2.20. The molecule has 0 aliphatic heterocycles. The van der Waals surface area contributed by atoms with Gasteiger partial charge < -0.3 is 10.2 Å². The number of phenolic OH excluding ortho intramolecular Hbond substituents is 1. The standard InChI is InChI=1S/C11H13ClO2/c1-7(13)11(5-6-11)10-8(12)3-2-4-9(10)14/h2-4,7,13-14H,5-6H2,1H3. The smallest absolute Gasteiger partial charge is 0.120 e. The summed E-state index contributed by atoms with van der Waals surface area (Å²) in [6, 6.07) is 5.07. The predicted molar refractivity (Wildman–Crippen MR) is 55.7 cm³/mol. The highest BCUT2D eigenvalue weighted by atomic mass is 35.5. The molecule has 1 atom stereocenters. The molecule has 1 aromatic rings. The maximum atomic E-state index is 9.72. The summed E-state index contributed by atoms with van der Waals surface area (Å²) in [5.41, 5.74) is 0.402. The molecule has 2 rings (SSSR count). The van der Waals surface area contributed by atoms with Crippen LogP contribution in [0.4, 0.5) is 0 Å². The van der Waals surface area contributed by atoms with Crippen LogP contribution in [-0.4, -0.2) is 16.3 Å². The van der Waals surface area contributed by atoms with E-state index in [0.717, 1.165) is 12.8 Å². The molecule has 0 aromatic heterocycles. The number of hydrogen-bond acceptors (Lipinski definition) is 2. The second-order valence-electron chi connectivity index (χ2n) is 3.97. The Balaban J connectivity index is 2.51. The Morgan fingerprint density at radius 2 is 2.07 bits per heavy atom. The quantitative estimate of drug-likeness (QED) is 0.791. The number of hydrogen-bond donors (Lipinski definition) is 2. The first-order valence-electron chi connectivity index (χ1n) is 4.74. The van der Waals surface area contributed by atoms with Gasteiger partial charge in [-0.1, -0.05) is 17.7 Å². The first-order chi connectivity index (χ1) is 6.58. The van der Waals surface area contributed by atoms with Crippen molar-refractivity contribution in [3.63, 3.8) is 0 Å². The molecule has 0 heterocycles. The molecule has 0 bridgehead atoms. The van der Waals surface area contributed by atoms with E-state index in [0.29, 0.717) is 10.6 Å². The molecule has 0 saturated heterocycles. The van der Waals surface area contributed by atoms with Gasteiger partial charge in [-0.15, -0.1) is 0 Å². The van der Waals surface area contributed by atoms with Crippen molar-refractivity contribution in [2.75, 3.05) is 0 Å².